The number of alkyl halides is 3. The Morgan fingerprint density at radius 3 is 2.62 bits per heavy atom. The second kappa shape index (κ2) is 11.5. The van der Waals surface area contributed by atoms with Gasteiger partial charge in [-0.15, -0.1) is 0 Å². The molecule has 1 amide bonds. The lowest BCUT2D eigenvalue weighted by Crippen LogP contribution is -2.53. The Hall–Kier alpha value is -3.91. The SMILES string of the molecule is COc1cccc(NC(=O)C2Cn3ccnc3C3(CCN(Cc4cnn(C)c4)CC3)O2)c1.O=C(O)C(F)(F)F. The van der Waals surface area contributed by atoms with Crippen molar-refractivity contribution in [1.29, 1.82) is 0 Å². The van der Waals surface area contributed by atoms with E-state index in [1.54, 1.807) is 19.4 Å². The number of methoxy groups -OCH3 is 1. The molecule has 0 bridgehead atoms. The van der Waals surface area contributed by atoms with Gasteiger partial charge in [-0.05, 0) is 25.0 Å². The van der Waals surface area contributed by atoms with Crippen molar-refractivity contribution in [1.82, 2.24) is 24.2 Å². The topological polar surface area (TPSA) is 124 Å². The van der Waals surface area contributed by atoms with Crippen molar-refractivity contribution in [3.63, 3.8) is 0 Å². The summed E-state index contributed by atoms with van der Waals surface area (Å²) in [5.74, 6) is -1.30. The van der Waals surface area contributed by atoms with Crippen molar-refractivity contribution < 1.29 is 37.3 Å². The molecule has 2 aliphatic rings. The number of likely N-dealkylation sites (tertiary alicyclic amines) is 1. The van der Waals surface area contributed by atoms with E-state index in [1.165, 1.54) is 5.56 Å². The Morgan fingerprint density at radius 1 is 1.28 bits per heavy atom. The van der Waals surface area contributed by atoms with Crippen LogP contribution >= 0.6 is 0 Å². The van der Waals surface area contributed by atoms with Crippen LogP contribution in [0.1, 0.15) is 24.2 Å². The number of nitrogens with one attached hydrogen (secondary N) is 1. The minimum Gasteiger partial charge on any atom is -0.497 e. The highest BCUT2D eigenvalue weighted by Crippen LogP contribution is 2.40. The predicted molar refractivity (Wildman–Crippen MR) is 132 cm³/mol. The number of benzene rings is 1. The van der Waals surface area contributed by atoms with E-state index in [0.717, 1.165) is 38.3 Å². The van der Waals surface area contributed by atoms with E-state index in [1.807, 2.05) is 48.5 Å². The molecule has 14 heteroatoms. The lowest BCUT2D eigenvalue weighted by Gasteiger charge is -2.45. The number of anilines is 1. The Balaban J connectivity index is 0.000000448. The fraction of sp³-hybridized carbons (Fsp3) is 0.440. The Morgan fingerprint density at radius 2 is 2.00 bits per heavy atom. The van der Waals surface area contributed by atoms with Gasteiger partial charge in [0.25, 0.3) is 5.91 Å². The zero-order valence-corrected chi connectivity index (χ0v) is 21.4. The number of fused-ring (bicyclic) bond motifs is 2. The number of aliphatic carboxylic acids is 1. The first-order valence-corrected chi connectivity index (χ1v) is 12.1. The summed E-state index contributed by atoms with van der Waals surface area (Å²) in [4.78, 5) is 29.0. The van der Waals surface area contributed by atoms with Crippen molar-refractivity contribution in [3.05, 3.63) is 60.4 Å². The third kappa shape index (κ3) is 6.75. The largest absolute Gasteiger partial charge is 0.497 e. The van der Waals surface area contributed by atoms with Gasteiger partial charge in [-0.1, -0.05) is 6.07 Å². The maximum Gasteiger partial charge on any atom is 0.490 e. The summed E-state index contributed by atoms with van der Waals surface area (Å²) in [6, 6.07) is 7.34. The van der Waals surface area contributed by atoms with Crippen LogP contribution in [-0.4, -0.2) is 73.7 Å². The number of ether oxygens (including phenoxy) is 2. The maximum absolute atomic E-state index is 13.1. The summed E-state index contributed by atoms with van der Waals surface area (Å²) < 4.78 is 47.4. The number of imidazole rings is 1. The first-order chi connectivity index (χ1) is 18.5. The molecule has 1 atom stereocenters. The number of rotatable bonds is 5. The van der Waals surface area contributed by atoms with Crippen LogP contribution in [0.4, 0.5) is 18.9 Å². The molecule has 2 aliphatic heterocycles. The van der Waals surface area contributed by atoms with Gasteiger partial charge in [0.1, 0.15) is 17.2 Å². The molecular formula is C25H29F3N6O5. The molecule has 0 aliphatic carbocycles. The highest BCUT2D eigenvalue weighted by molar-refractivity contribution is 5.94. The molecule has 1 aromatic carbocycles. The lowest BCUT2D eigenvalue weighted by atomic mass is 9.88. The molecule has 2 N–H and O–H groups in total. The van der Waals surface area contributed by atoms with Crippen LogP contribution in [0.25, 0.3) is 0 Å². The van der Waals surface area contributed by atoms with Crippen molar-refractivity contribution >= 4 is 17.6 Å². The van der Waals surface area contributed by atoms with E-state index in [-0.39, 0.29) is 5.91 Å². The Bertz CT molecular complexity index is 1300. The molecule has 0 radical (unpaired) electrons. The van der Waals surface area contributed by atoms with Gasteiger partial charge in [0.15, 0.2) is 6.10 Å². The molecule has 210 valence electrons. The van der Waals surface area contributed by atoms with Gasteiger partial charge in [0, 0.05) is 62.6 Å². The third-order valence-corrected chi connectivity index (χ3v) is 6.55. The number of hydrogen-bond donors (Lipinski definition) is 2. The quantitative estimate of drug-likeness (QED) is 0.497. The summed E-state index contributed by atoms with van der Waals surface area (Å²) in [6.45, 7) is 3.04. The Labute approximate surface area is 222 Å². The van der Waals surface area contributed by atoms with Crippen LogP contribution in [-0.2, 0) is 40.1 Å². The zero-order valence-electron chi connectivity index (χ0n) is 21.4. The second-order valence-corrected chi connectivity index (χ2v) is 9.33. The molecular weight excluding hydrogens is 521 g/mol. The van der Waals surface area contributed by atoms with Gasteiger partial charge in [0.2, 0.25) is 0 Å². The normalized spacial score (nSPS) is 18.5. The molecule has 2 aromatic heterocycles. The number of hydrogen-bond acceptors (Lipinski definition) is 7. The van der Waals surface area contributed by atoms with Crippen LogP contribution < -0.4 is 10.1 Å². The van der Waals surface area contributed by atoms with Crippen molar-refractivity contribution in [2.24, 2.45) is 7.05 Å². The lowest BCUT2D eigenvalue weighted by molar-refractivity contribution is -0.192. The number of carbonyl (C=O) groups excluding carboxylic acids is 1. The number of amides is 1. The average molecular weight is 551 g/mol. The van der Waals surface area contributed by atoms with Gasteiger partial charge < -0.3 is 24.5 Å². The van der Waals surface area contributed by atoms with Crippen LogP contribution in [0.15, 0.2) is 49.1 Å². The molecule has 1 fully saturated rings. The predicted octanol–water partition coefficient (Wildman–Crippen LogP) is 2.79. The average Bonchev–Trinajstić information content (AvgIpc) is 3.54. The molecule has 4 heterocycles. The summed E-state index contributed by atoms with van der Waals surface area (Å²) in [5, 5.41) is 14.4. The number of halogens is 3. The summed E-state index contributed by atoms with van der Waals surface area (Å²) in [7, 11) is 3.54. The first kappa shape index (κ1) is 28.1. The third-order valence-electron chi connectivity index (χ3n) is 6.55. The van der Waals surface area contributed by atoms with Crippen molar-refractivity contribution in [3.8, 4) is 5.75 Å². The molecule has 1 saturated heterocycles. The molecule has 1 spiro atoms. The highest BCUT2D eigenvalue weighted by atomic mass is 19.4. The highest BCUT2D eigenvalue weighted by Gasteiger charge is 2.47. The minimum atomic E-state index is -5.08. The van der Waals surface area contributed by atoms with E-state index in [9.17, 15) is 18.0 Å². The van der Waals surface area contributed by atoms with E-state index >= 15 is 0 Å². The fourth-order valence-corrected chi connectivity index (χ4v) is 4.68. The van der Waals surface area contributed by atoms with Crippen LogP contribution in [0.2, 0.25) is 0 Å². The van der Waals surface area contributed by atoms with E-state index in [2.05, 4.69) is 24.9 Å². The van der Waals surface area contributed by atoms with Gasteiger partial charge in [-0.3, -0.25) is 14.4 Å². The number of aryl methyl sites for hydroxylation is 1. The fourth-order valence-electron chi connectivity index (χ4n) is 4.68. The van der Waals surface area contributed by atoms with Gasteiger partial charge in [0.05, 0.1) is 19.9 Å². The number of carboxylic acid groups (broad SMARTS) is 1. The Kier molecular flexibility index (Phi) is 8.25. The van der Waals surface area contributed by atoms with Crippen molar-refractivity contribution in [2.75, 3.05) is 25.5 Å². The number of aromatic nitrogens is 4. The number of carbonyl (C=O) groups is 2. The van der Waals surface area contributed by atoms with Crippen LogP contribution in [0.3, 0.4) is 0 Å². The minimum absolute atomic E-state index is 0.158. The smallest absolute Gasteiger partial charge is 0.490 e. The van der Waals surface area contributed by atoms with E-state index in [0.29, 0.717) is 18.0 Å². The van der Waals surface area contributed by atoms with Crippen molar-refractivity contribution in [2.45, 2.75) is 43.8 Å². The molecule has 0 saturated carbocycles. The number of piperidine rings is 1. The maximum atomic E-state index is 13.1. The molecule has 3 aromatic rings. The summed E-state index contributed by atoms with van der Waals surface area (Å²) in [5.41, 5.74) is 1.34. The molecule has 39 heavy (non-hydrogen) atoms. The molecule has 1 unspecified atom stereocenters. The molecule has 11 nitrogen and oxygen atoms in total. The second-order valence-electron chi connectivity index (χ2n) is 9.33. The summed E-state index contributed by atoms with van der Waals surface area (Å²) in [6.07, 6.45) is 3.59. The van der Waals surface area contributed by atoms with Crippen LogP contribution in [0.5, 0.6) is 5.75 Å². The van der Waals surface area contributed by atoms with E-state index < -0.39 is 23.9 Å². The van der Waals surface area contributed by atoms with Gasteiger partial charge in [-0.2, -0.15) is 18.3 Å². The number of carboxylic acids is 1. The van der Waals surface area contributed by atoms with E-state index in [4.69, 9.17) is 19.4 Å². The standard InChI is InChI=1S/C23H28N6O3.C2HF3O2/c1-27-14-17(13-25-27)15-28-9-6-23(7-10-28)22-24-8-11-29(22)16-20(32-23)21(30)26-18-4-3-5-19(12-18)31-2;3-2(4,5)1(6)7/h3-5,8,11-14,20H,6-7,9-10,15-16H2,1-2H3,(H,26,30);(H,6,7). The van der Waals surface area contributed by atoms with Gasteiger partial charge in [-0.25, -0.2) is 9.78 Å². The number of nitrogens with zero attached hydrogens (tertiary/aromatic N) is 5. The zero-order chi connectivity index (χ0) is 28.2. The first-order valence-electron chi connectivity index (χ1n) is 12.1. The molecule has 5 rings (SSSR count). The van der Waals surface area contributed by atoms with Crippen LogP contribution in [0, 0.1) is 0 Å². The summed E-state index contributed by atoms with van der Waals surface area (Å²) >= 11 is 0. The monoisotopic (exact) mass is 550 g/mol. The van der Waals surface area contributed by atoms with Gasteiger partial charge >= 0.3 is 12.1 Å².